The first kappa shape index (κ1) is 12.9. The molecule has 3 amide bonds. The minimum absolute atomic E-state index is 0.0326. The van der Waals surface area contributed by atoms with Gasteiger partial charge in [-0.15, -0.1) is 0 Å². The fourth-order valence-electron chi connectivity index (χ4n) is 1.85. The molecule has 19 heavy (non-hydrogen) atoms. The number of rotatable bonds is 2. The number of aromatic hydroxyl groups is 1. The Labute approximate surface area is 109 Å². The van der Waals surface area contributed by atoms with E-state index in [2.05, 4.69) is 5.32 Å². The van der Waals surface area contributed by atoms with E-state index in [9.17, 15) is 19.5 Å². The van der Waals surface area contributed by atoms with E-state index in [1.54, 1.807) is 0 Å². The number of hydrogen-bond donors (Lipinski definition) is 3. The molecule has 0 saturated carbocycles. The Hall–Kier alpha value is -2.57. The van der Waals surface area contributed by atoms with Gasteiger partial charge >= 0.3 is 0 Å². The Bertz CT molecular complexity index is 570. The van der Waals surface area contributed by atoms with Crippen molar-refractivity contribution >= 4 is 23.4 Å². The van der Waals surface area contributed by atoms with Crippen LogP contribution in [0, 0.1) is 0 Å². The summed E-state index contributed by atoms with van der Waals surface area (Å²) in [6.45, 7) is 0. The van der Waals surface area contributed by atoms with Gasteiger partial charge in [0.15, 0.2) is 5.75 Å². The number of amides is 3. The van der Waals surface area contributed by atoms with Crippen molar-refractivity contribution in [3.63, 3.8) is 0 Å². The number of phenols is 1. The van der Waals surface area contributed by atoms with Crippen molar-refractivity contribution in [1.82, 2.24) is 10.2 Å². The Morgan fingerprint density at radius 3 is 2.74 bits per heavy atom. The Balaban J connectivity index is 2.16. The molecule has 0 spiro atoms. The number of para-hydroxylation sites is 1. The molecular formula is C12H13N3O4. The average molecular weight is 263 g/mol. The average Bonchev–Trinajstić information content (AvgIpc) is 2.60. The quantitative estimate of drug-likeness (QED) is 0.377. The van der Waals surface area contributed by atoms with Crippen molar-refractivity contribution in [2.45, 2.75) is 12.5 Å². The lowest BCUT2D eigenvalue weighted by molar-refractivity contribution is -0.137. The van der Waals surface area contributed by atoms with Crippen molar-refractivity contribution in [2.75, 3.05) is 12.8 Å². The Morgan fingerprint density at radius 1 is 1.47 bits per heavy atom. The van der Waals surface area contributed by atoms with Gasteiger partial charge in [0.05, 0.1) is 17.7 Å². The maximum absolute atomic E-state index is 11.9. The number of carbonyl (C=O) groups excluding carboxylic acids is 3. The molecule has 1 aromatic rings. The summed E-state index contributed by atoms with van der Waals surface area (Å²) >= 11 is 0. The van der Waals surface area contributed by atoms with Crippen LogP contribution in [0.4, 0.5) is 5.69 Å². The summed E-state index contributed by atoms with van der Waals surface area (Å²) in [6, 6.07) is 3.44. The van der Waals surface area contributed by atoms with Gasteiger partial charge in [-0.2, -0.15) is 0 Å². The van der Waals surface area contributed by atoms with Gasteiger partial charge in [0, 0.05) is 7.05 Å². The van der Waals surface area contributed by atoms with Gasteiger partial charge in [0.2, 0.25) is 5.91 Å². The van der Waals surface area contributed by atoms with Crippen LogP contribution in [0.2, 0.25) is 0 Å². The van der Waals surface area contributed by atoms with E-state index in [4.69, 9.17) is 5.73 Å². The number of anilines is 1. The topological polar surface area (TPSA) is 113 Å². The number of nitrogen functional groups attached to an aromatic ring is 1. The number of benzene rings is 1. The van der Waals surface area contributed by atoms with Crippen molar-refractivity contribution in [2.24, 2.45) is 0 Å². The van der Waals surface area contributed by atoms with E-state index in [1.165, 1.54) is 25.2 Å². The van der Waals surface area contributed by atoms with E-state index < -0.39 is 17.9 Å². The third-order valence-electron chi connectivity index (χ3n) is 3.00. The highest BCUT2D eigenvalue weighted by atomic mass is 16.3. The summed E-state index contributed by atoms with van der Waals surface area (Å²) in [4.78, 5) is 35.8. The van der Waals surface area contributed by atoms with Crippen LogP contribution in [0.25, 0.3) is 0 Å². The number of likely N-dealkylation sites (tertiary alicyclic amines) is 1. The lowest BCUT2D eigenvalue weighted by atomic mass is 10.1. The maximum atomic E-state index is 11.9. The lowest BCUT2D eigenvalue weighted by Gasteiger charge is -2.12. The van der Waals surface area contributed by atoms with E-state index in [0.29, 0.717) is 0 Å². The first-order chi connectivity index (χ1) is 8.91. The number of nitrogens with one attached hydrogen (secondary N) is 1. The second-order valence-corrected chi connectivity index (χ2v) is 4.26. The first-order valence-electron chi connectivity index (χ1n) is 5.60. The molecule has 1 unspecified atom stereocenters. The van der Waals surface area contributed by atoms with Crippen LogP contribution >= 0.6 is 0 Å². The van der Waals surface area contributed by atoms with E-state index >= 15 is 0 Å². The minimum atomic E-state index is -0.897. The van der Waals surface area contributed by atoms with E-state index in [-0.39, 0.29) is 29.3 Å². The van der Waals surface area contributed by atoms with Gasteiger partial charge in [0.1, 0.15) is 6.04 Å². The van der Waals surface area contributed by atoms with Crippen molar-refractivity contribution in [3.8, 4) is 5.75 Å². The molecule has 0 aliphatic carbocycles. The highest BCUT2D eigenvalue weighted by molar-refractivity contribution is 6.08. The lowest BCUT2D eigenvalue weighted by Crippen LogP contribution is -2.40. The predicted octanol–water partition coefficient (Wildman–Crippen LogP) is -0.538. The number of nitrogens with zero attached hydrogens (tertiary/aromatic N) is 1. The fraction of sp³-hybridized carbons (Fsp3) is 0.250. The second-order valence-electron chi connectivity index (χ2n) is 4.26. The van der Waals surface area contributed by atoms with E-state index in [0.717, 1.165) is 4.90 Å². The summed E-state index contributed by atoms with van der Waals surface area (Å²) in [6.07, 6.45) is -0.0792. The molecule has 100 valence electrons. The predicted molar refractivity (Wildman–Crippen MR) is 66.2 cm³/mol. The van der Waals surface area contributed by atoms with Crippen LogP contribution in [-0.4, -0.2) is 40.8 Å². The smallest absolute Gasteiger partial charge is 0.255 e. The second kappa shape index (κ2) is 4.60. The molecule has 1 atom stereocenters. The zero-order valence-corrected chi connectivity index (χ0v) is 10.2. The monoisotopic (exact) mass is 263 g/mol. The minimum Gasteiger partial charge on any atom is -0.505 e. The molecule has 2 rings (SSSR count). The van der Waals surface area contributed by atoms with Gasteiger partial charge < -0.3 is 16.2 Å². The molecule has 7 heteroatoms. The summed E-state index contributed by atoms with van der Waals surface area (Å²) in [5, 5.41) is 12.1. The molecule has 0 bridgehead atoms. The number of nitrogens with two attached hydrogens (primary N) is 1. The summed E-state index contributed by atoms with van der Waals surface area (Å²) in [5.74, 6) is -1.81. The molecule has 4 N–H and O–H groups in total. The van der Waals surface area contributed by atoms with Crippen LogP contribution in [0.3, 0.4) is 0 Å². The number of hydrogen-bond acceptors (Lipinski definition) is 5. The molecule has 1 saturated heterocycles. The third-order valence-corrected chi connectivity index (χ3v) is 3.00. The number of imide groups is 1. The van der Waals surface area contributed by atoms with Gasteiger partial charge in [0.25, 0.3) is 11.8 Å². The van der Waals surface area contributed by atoms with Gasteiger partial charge in [-0.1, -0.05) is 6.07 Å². The summed E-state index contributed by atoms with van der Waals surface area (Å²) in [7, 11) is 1.36. The molecule has 1 aliphatic rings. The van der Waals surface area contributed by atoms with Crippen molar-refractivity contribution in [3.05, 3.63) is 23.8 Å². The Morgan fingerprint density at radius 2 is 2.16 bits per heavy atom. The normalized spacial score (nSPS) is 18.8. The van der Waals surface area contributed by atoms with Crippen LogP contribution < -0.4 is 11.1 Å². The molecule has 1 heterocycles. The molecule has 1 fully saturated rings. The largest absolute Gasteiger partial charge is 0.505 e. The van der Waals surface area contributed by atoms with Gasteiger partial charge in [-0.05, 0) is 12.1 Å². The van der Waals surface area contributed by atoms with Gasteiger partial charge in [-0.25, -0.2) is 0 Å². The standard InChI is InChI=1S/C12H13N3O4/c1-15-9(16)5-8(12(15)19)14-11(18)6-3-2-4-7(13)10(6)17/h2-4,8,17H,5,13H2,1H3,(H,14,18). The highest BCUT2D eigenvalue weighted by Crippen LogP contribution is 2.24. The zero-order chi connectivity index (χ0) is 14.2. The van der Waals surface area contributed by atoms with Gasteiger partial charge in [-0.3, -0.25) is 19.3 Å². The molecule has 0 radical (unpaired) electrons. The van der Waals surface area contributed by atoms with Crippen LogP contribution in [-0.2, 0) is 9.59 Å². The Kier molecular flexibility index (Phi) is 3.12. The first-order valence-corrected chi connectivity index (χ1v) is 5.60. The summed E-state index contributed by atoms with van der Waals surface area (Å²) in [5.41, 5.74) is 5.51. The van der Waals surface area contributed by atoms with Crippen molar-refractivity contribution < 1.29 is 19.5 Å². The zero-order valence-electron chi connectivity index (χ0n) is 10.2. The van der Waals surface area contributed by atoms with E-state index in [1.807, 2.05) is 0 Å². The maximum Gasteiger partial charge on any atom is 0.255 e. The highest BCUT2D eigenvalue weighted by Gasteiger charge is 2.37. The summed E-state index contributed by atoms with van der Waals surface area (Å²) < 4.78 is 0. The number of likely N-dealkylation sites (N-methyl/N-ethyl adjacent to an activating group) is 1. The number of carbonyl (C=O) groups is 3. The molecule has 1 aromatic carbocycles. The SMILES string of the molecule is CN1C(=O)CC(NC(=O)c2cccc(N)c2O)C1=O. The number of phenolic OH excluding ortho intramolecular Hbond substituents is 1. The molecule has 1 aliphatic heterocycles. The molecular weight excluding hydrogens is 250 g/mol. The third kappa shape index (κ3) is 2.22. The fourth-order valence-corrected chi connectivity index (χ4v) is 1.85. The van der Waals surface area contributed by atoms with Crippen molar-refractivity contribution in [1.29, 1.82) is 0 Å². The van der Waals surface area contributed by atoms with Crippen LogP contribution in [0.1, 0.15) is 16.8 Å². The molecule has 0 aromatic heterocycles. The van der Waals surface area contributed by atoms with Crippen LogP contribution in [0.5, 0.6) is 5.75 Å². The van der Waals surface area contributed by atoms with Crippen LogP contribution in [0.15, 0.2) is 18.2 Å². The molecule has 7 nitrogen and oxygen atoms in total.